The highest BCUT2D eigenvalue weighted by atomic mass is 16.5. The Morgan fingerprint density at radius 3 is 2.33 bits per heavy atom. The van der Waals surface area contributed by atoms with Gasteiger partial charge in [-0.15, -0.1) is 0 Å². The van der Waals surface area contributed by atoms with Crippen molar-refractivity contribution in [3.63, 3.8) is 0 Å². The van der Waals surface area contributed by atoms with Crippen molar-refractivity contribution in [3.8, 4) is 5.75 Å². The van der Waals surface area contributed by atoms with Gasteiger partial charge in [0, 0.05) is 30.6 Å². The van der Waals surface area contributed by atoms with Crippen LogP contribution in [0.1, 0.15) is 33.5 Å². The summed E-state index contributed by atoms with van der Waals surface area (Å²) in [5.41, 5.74) is 3.53. The summed E-state index contributed by atoms with van der Waals surface area (Å²) in [6.07, 6.45) is 0.213. The molecule has 2 amide bonds. The number of carbonyl (C=O) groups is 2. The van der Waals surface area contributed by atoms with Crippen LogP contribution in [-0.2, 0) is 17.9 Å². The first-order valence-electron chi connectivity index (χ1n) is 9.98. The molecule has 0 bridgehead atoms. The standard InChI is InChI=1S/C25H26N2O3/c1-19-9-5-7-13-22(19)25(29)26-16-15-24(28)27-17-21-12-6-8-14-23(21)30-18-20-10-3-2-4-11-20/h2-14H,15-18H2,1H3,(H,26,29)(H,27,28). The molecule has 3 aromatic rings. The van der Waals surface area contributed by atoms with E-state index in [1.165, 1.54) is 0 Å². The monoisotopic (exact) mass is 402 g/mol. The highest BCUT2D eigenvalue weighted by molar-refractivity contribution is 5.95. The number of ether oxygens (including phenoxy) is 1. The molecule has 0 saturated heterocycles. The fourth-order valence-electron chi connectivity index (χ4n) is 3.02. The number of para-hydroxylation sites is 1. The summed E-state index contributed by atoms with van der Waals surface area (Å²) in [5.74, 6) is 0.452. The van der Waals surface area contributed by atoms with Gasteiger partial charge in [-0.05, 0) is 30.2 Å². The lowest BCUT2D eigenvalue weighted by Crippen LogP contribution is -2.30. The lowest BCUT2D eigenvalue weighted by Gasteiger charge is -2.13. The van der Waals surface area contributed by atoms with Gasteiger partial charge in [-0.25, -0.2) is 0 Å². The van der Waals surface area contributed by atoms with Crippen LogP contribution in [0.4, 0.5) is 0 Å². The molecule has 154 valence electrons. The van der Waals surface area contributed by atoms with Crippen LogP contribution in [0.5, 0.6) is 5.75 Å². The van der Waals surface area contributed by atoms with Crippen molar-refractivity contribution in [2.24, 2.45) is 0 Å². The molecule has 3 aromatic carbocycles. The third kappa shape index (κ3) is 6.21. The average molecular weight is 402 g/mol. The summed E-state index contributed by atoms with van der Waals surface area (Å²) in [4.78, 5) is 24.4. The fourth-order valence-corrected chi connectivity index (χ4v) is 3.02. The molecule has 5 nitrogen and oxygen atoms in total. The summed E-state index contributed by atoms with van der Waals surface area (Å²) >= 11 is 0. The largest absolute Gasteiger partial charge is 0.489 e. The topological polar surface area (TPSA) is 67.4 Å². The van der Waals surface area contributed by atoms with Crippen LogP contribution >= 0.6 is 0 Å². The maximum absolute atomic E-state index is 12.2. The predicted octanol–water partition coefficient (Wildman–Crippen LogP) is 4.01. The van der Waals surface area contributed by atoms with Crippen molar-refractivity contribution >= 4 is 11.8 Å². The molecule has 0 aliphatic rings. The molecule has 0 heterocycles. The summed E-state index contributed by atoms with van der Waals surface area (Å²) in [6, 6.07) is 25.0. The van der Waals surface area contributed by atoms with E-state index in [2.05, 4.69) is 10.6 Å². The van der Waals surface area contributed by atoms with E-state index < -0.39 is 0 Å². The maximum Gasteiger partial charge on any atom is 0.251 e. The zero-order chi connectivity index (χ0) is 21.2. The summed E-state index contributed by atoms with van der Waals surface area (Å²) < 4.78 is 5.92. The number of hydrogen-bond acceptors (Lipinski definition) is 3. The Balaban J connectivity index is 1.44. The maximum atomic E-state index is 12.2. The molecule has 0 aliphatic heterocycles. The van der Waals surface area contributed by atoms with Crippen LogP contribution in [-0.4, -0.2) is 18.4 Å². The van der Waals surface area contributed by atoms with Gasteiger partial charge in [-0.2, -0.15) is 0 Å². The van der Waals surface area contributed by atoms with E-state index in [9.17, 15) is 9.59 Å². The number of carbonyl (C=O) groups excluding carboxylic acids is 2. The van der Waals surface area contributed by atoms with Crippen molar-refractivity contribution in [2.45, 2.75) is 26.5 Å². The fraction of sp³-hybridized carbons (Fsp3) is 0.200. The molecule has 5 heteroatoms. The van der Waals surface area contributed by atoms with Crippen molar-refractivity contribution < 1.29 is 14.3 Å². The highest BCUT2D eigenvalue weighted by Gasteiger charge is 2.10. The Morgan fingerprint density at radius 1 is 0.833 bits per heavy atom. The molecule has 0 saturated carbocycles. The second-order valence-electron chi connectivity index (χ2n) is 6.98. The normalized spacial score (nSPS) is 10.3. The van der Waals surface area contributed by atoms with Gasteiger partial charge in [0.25, 0.3) is 5.91 Å². The first-order chi connectivity index (χ1) is 14.6. The molecule has 0 atom stereocenters. The van der Waals surface area contributed by atoms with Gasteiger partial charge in [0.1, 0.15) is 12.4 Å². The van der Waals surface area contributed by atoms with Crippen molar-refractivity contribution in [2.75, 3.05) is 6.54 Å². The van der Waals surface area contributed by atoms with Gasteiger partial charge in [0.15, 0.2) is 0 Å². The molecule has 0 unspecified atom stereocenters. The molecule has 0 aliphatic carbocycles. The van der Waals surface area contributed by atoms with Crippen LogP contribution < -0.4 is 15.4 Å². The molecule has 0 spiro atoms. The van der Waals surface area contributed by atoms with Gasteiger partial charge in [-0.3, -0.25) is 9.59 Å². The number of hydrogen-bond donors (Lipinski definition) is 2. The quantitative estimate of drug-likeness (QED) is 0.568. The Kier molecular flexibility index (Phi) is 7.61. The van der Waals surface area contributed by atoms with Crippen molar-refractivity contribution in [3.05, 3.63) is 101 Å². The summed E-state index contributed by atoms with van der Waals surface area (Å²) in [5, 5.41) is 5.69. The Morgan fingerprint density at radius 2 is 1.53 bits per heavy atom. The van der Waals surface area contributed by atoms with Crippen molar-refractivity contribution in [1.82, 2.24) is 10.6 Å². The first kappa shape index (κ1) is 21.1. The Hall–Kier alpha value is -3.60. The SMILES string of the molecule is Cc1ccccc1C(=O)NCCC(=O)NCc1ccccc1OCc1ccccc1. The number of aryl methyl sites for hydroxylation is 1. The lowest BCUT2D eigenvalue weighted by atomic mass is 10.1. The molecule has 2 N–H and O–H groups in total. The minimum Gasteiger partial charge on any atom is -0.489 e. The highest BCUT2D eigenvalue weighted by Crippen LogP contribution is 2.19. The minimum atomic E-state index is -0.166. The number of nitrogens with one attached hydrogen (secondary N) is 2. The van der Waals surface area contributed by atoms with E-state index in [1.807, 2.05) is 79.7 Å². The van der Waals surface area contributed by atoms with Crippen LogP contribution in [0.15, 0.2) is 78.9 Å². The van der Waals surface area contributed by atoms with Crippen LogP contribution in [0.2, 0.25) is 0 Å². The number of amides is 2. The van der Waals surface area contributed by atoms with Crippen LogP contribution in [0.25, 0.3) is 0 Å². The average Bonchev–Trinajstić information content (AvgIpc) is 2.77. The van der Waals surface area contributed by atoms with E-state index in [0.717, 1.165) is 22.4 Å². The Labute approximate surface area is 177 Å². The first-order valence-corrected chi connectivity index (χ1v) is 9.98. The van der Waals surface area contributed by atoms with E-state index in [-0.39, 0.29) is 24.8 Å². The molecule has 3 rings (SSSR count). The predicted molar refractivity (Wildman–Crippen MR) is 117 cm³/mol. The second kappa shape index (κ2) is 10.8. The molecule has 0 aromatic heterocycles. The van der Waals surface area contributed by atoms with Gasteiger partial charge in [0.05, 0.1) is 0 Å². The van der Waals surface area contributed by atoms with Crippen LogP contribution in [0, 0.1) is 6.92 Å². The molecular weight excluding hydrogens is 376 g/mol. The van der Waals surface area contributed by atoms with Gasteiger partial charge in [0.2, 0.25) is 5.91 Å². The summed E-state index contributed by atoms with van der Waals surface area (Å²) in [6.45, 7) is 3.01. The van der Waals surface area contributed by atoms with E-state index >= 15 is 0 Å². The lowest BCUT2D eigenvalue weighted by molar-refractivity contribution is -0.121. The third-order valence-electron chi connectivity index (χ3n) is 4.71. The zero-order valence-electron chi connectivity index (χ0n) is 17.1. The number of benzene rings is 3. The molecule has 0 radical (unpaired) electrons. The van der Waals surface area contributed by atoms with E-state index in [4.69, 9.17) is 4.74 Å². The smallest absolute Gasteiger partial charge is 0.251 e. The zero-order valence-corrected chi connectivity index (χ0v) is 17.1. The summed E-state index contributed by atoms with van der Waals surface area (Å²) in [7, 11) is 0. The van der Waals surface area contributed by atoms with Crippen molar-refractivity contribution in [1.29, 1.82) is 0 Å². The van der Waals surface area contributed by atoms with Crippen LogP contribution in [0.3, 0.4) is 0 Å². The van der Waals surface area contributed by atoms with Gasteiger partial charge in [-0.1, -0.05) is 66.7 Å². The minimum absolute atomic E-state index is 0.127. The van der Waals surface area contributed by atoms with E-state index in [0.29, 0.717) is 18.7 Å². The number of rotatable bonds is 9. The molecule has 30 heavy (non-hydrogen) atoms. The Bertz CT molecular complexity index is 986. The van der Waals surface area contributed by atoms with Gasteiger partial charge < -0.3 is 15.4 Å². The van der Waals surface area contributed by atoms with E-state index in [1.54, 1.807) is 6.07 Å². The van der Waals surface area contributed by atoms with Gasteiger partial charge >= 0.3 is 0 Å². The molecular formula is C25H26N2O3. The second-order valence-corrected chi connectivity index (χ2v) is 6.98. The third-order valence-corrected chi connectivity index (χ3v) is 4.71. The molecule has 0 fully saturated rings.